The third-order valence-electron chi connectivity index (χ3n) is 4.26. The minimum absolute atomic E-state index is 0.566. The number of hydrogen-bond donors (Lipinski definition) is 1. The molecule has 1 fully saturated rings. The Labute approximate surface area is 132 Å². The van der Waals surface area contributed by atoms with Crippen molar-refractivity contribution in [1.29, 1.82) is 0 Å². The van der Waals surface area contributed by atoms with Gasteiger partial charge < -0.3 is 10.2 Å². The first kappa shape index (κ1) is 14.8. The monoisotopic (exact) mass is 296 g/mol. The molecule has 0 saturated heterocycles. The molecule has 1 aliphatic carbocycles. The number of benzene rings is 1. The van der Waals surface area contributed by atoms with E-state index in [9.17, 15) is 0 Å². The molecule has 1 N–H and O–H groups in total. The quantitative estimate of drug-likeness (QED) is 0.909. The molecule has 22 heavy (non-hydrogen) atoms. The molecule has 0 aliphatic heterocycles. The first-order valence-corrected chi connectivity index (χ1v) is 8.15. The number of rotatable bonds is 5. The molecule has 4 heteroatoms. The Morgan fingerprint density at radius 2 is 1.86 bits per heavy atom. The average Bonchev–Trinajstić information content (AvgIpc) is 2.57. The first-order chi connectivity index (χ1) is 10.8. The molecule has 0 spiro atoms. The maximum absolute atomic E-state index is 4.40. The highest BCUT2D eigenvalue weighted by atomic mass is 15.2. The van der Waals surface area contributed by atoms with E-state index >= 15 is 0 Å². The van der Waals surface area contributed by atoms with Crippen molar-refractivity contribution >= 4 is 11.6 Å². The average molecular weight is 296 g/mol. The van der Waals surface area contributed by atoms with Crippen LogP contribution in [0.3, 0.4) is 0 Å². The van der Waals surface area contributed by atoms with E-state index in [1.807, 2.05) is 6.07 Å². The first-order valence-electron chi connectivity index (χ1n) is 8.15. The standard InChI is InChI=1S/C18H24N4/c1-22(13-15-8-4-2-5-9-15)18-12-17(19-14-20-18)21-16-10-6-3-7-11-16/h2,4-5,8-9,12,14,16H,3,6-7,10-11,13H2,1H3,(H,19,20,21). The topological polar surface area (TPSA) is 41.0 Å². The van der Waals surface area contributed by atoms with E-state index in [1.165, 1.54) is 37.7 Å². The Bertz CT molecular complexity index is 579. The third kappa shape index (κ3) is 3.97. The molecule has 0 atom stereocenters. The van der Waals surface area contributed by atoms with Gasteiger partial charge in [0.1, 0.15) is 18.0 Å². The van der Waals surface area contributed by atoms with Gasteiger partial charge in [-0.15, -0.1) is 0 Å². The summed E-state index contributed by atoms with van der Waals surface area (Å²) in [5, 5.41) is 3.56. The summed E-state index contributed by atoms with van der Waals surface area (Å²) in [7, 11) is 2.07. The van der Waals surface area contributed by atoms with Crippen molar-refractivity contribution in [1.82, 2.24) is 9.97 Å². The number of nitrogens with one attached hydrogen (secondary N) is 1. The van der Waals surface area contributed by atoms with Gasteiger partial charge in [0.2, 0.25) is 0 Å². The van der Waals surface area contributed by atoms with Crippen LogP contribution in [0.2, 0.25) is 0 Å². The normalized spacial score (nSPS) is 15.5. The molecule has 1 aliphatic rings. The van der Waals surface area contributed by atoms with Gasteiger partial charge in [-0.25, -0.2) is 9.97 Å². The van der Waals surface area contributed by atoms with Gasteiger partial charge in [0.05, 0.1) is 0 Å². The highest BCUT2D eigenvalue weighted by Crippen LogP contribution is 2.22. The van der Waals surface area contributed by atoms with Gasteiger partial charge in [-0.2, -0.15) is 0 Å². The van der Waals surface area contributed by atoms with Gasteiger partial charge in [0.15, 0.2) is 0 Å². The SMILES string of the molecule is CN(Cc1ccccc1)c1cc(NC2CCCCC2)ncn1. The Morgan fingerprint density at radius 3 is 2.64 bits per heavy atom. The highest BCUT2D eigenvalue weighted by Gasteiger charge is 2.14. The largest absolute Gasteiger partial charge is 0.367 e. The summed E-state index contributed by atoms with van der Waals surface area (Å²) in [4.78, 5) is 10.9. The summed E-state index contributed by atoms with van der Waals surface area (Å²) in [5.41, 5.74) is 1.28. The molecule has 3 rings (SSSR count). The zero-order valence-electron chi connectivity index (χ0n) is 13.2. The lowest BCUT2D eigenvalue weighted by molar-refractivity contribution is 0.462. The minimum atomic E-state index is 0.566. The molecule has 4 nitrogen and oxygen atoms in total. The summed E-state index contributed by atoms with van der Waals surface area (Å²) in [5.74, 6) is 1.90. The second kappa shape index (κ2) is 7.25. The lowest BCUT2D eigenvalue weighted by atomic mass is 9.95. The van der Waals surface area contributed by atoms with E-state index in [2.05, 4.69) is 57.6 Å². The molecule has 116 valence electrons. The molecular formula is C18H24N4. The van der Waals surface area contributed by atoms with Gasteiger partial charge in [-0.1, -0.05) is 49.6 Å². The van der Waals surface area contributed by atoms with Crippen LogP contribution in [0.1, 0.15) is 37.7 Å². The number of anilines is 2. The molecule has 0 unspecified atom stereocenters. The van der Waals surface area contributed by atoms with Crippen LogP contribution < -0.4 is 10.2 Å². The number of hydrogen-bond acceptors (Lipinski definition) is 4. The summed E-state index contributed by atoms with van der Waals surface area (Å²) < 4.78 is 0. The second-order valence-corrected chi connectivity index (χ2v) is 6.08. The summed E-state index contributed by atoms with van der Waals surface area (Å²) in [6.07, 6.45) is 8.17. The van der Waals surface area contributed by atoms with Gasteiger partial charge >= 0.3 is 0 Å². The fourth-order valence-corrected chi connectivity index (χ4v) is 3.03. The molecule has 1 saturated carbocycles. The van der Waals surface area contributed by atoms with Crippen LogP contribution in [-0.2, 0) is 6.54 Å². The fourth-order valence-electron chi connectivity index (χ4n) is 3.03. The Morgan fingerprint density at radius 1 is 1.09 bits per heavy atom. The Hall–Kier alpha value is -2.10. The van der Waals surface area contributed by atoms with E-state index in [4.69, 9.17) is 0 Å². The molecule has 2 aromatic rings. The smallest absolute Gasteiger partial charge is 0.134 e. The van der Waals surface area contributed by atoms with Gasteiger partial charge in [-0.05, 0) is 18.4 Å². The van der Waals surface area contributed by atoms with Crippen LogP contribution in [0.4, 0.5) is 11.6 Å². The molecular weight excluding hydrogens is 272 g/mol. The van der Waals surface area contributed by atoms with E-state index in [0.29, 0.717) is 6.04 Å². The fraction of sp³-hybridized carbons (Fsp3) is 0.444. The van der Waals surface area contributed by atoms with Crippen LogP contribution in [0.25, 0.3) is 0 Å². The highest BCUT2D eigenvalue weighted by molar-refractivity contribution is 5.48. The van der Waals surface area contributed by atoms with E-state index in [0.717, 1.165) is 18.2 Å². The Balaban J connectivity index is 1.64. The van der Waals surface area contributed by atoms with Gasteiger partial charge in [0.25, 0.3) is 0 Å². The van der Waals surface area contributed by atoms with E-state index in [1.54, 1.807) is 6.33 Å². The zero-order valence-corrected chi connectivity index (χ0v) is 13.2. The van der Waals surface area contributed by atoms with E-state index in [-0.39, 0.29) is 0 Å². The number of nitrogens with zero attached hydrogens (tertiary/aromatic N) is 3. The Kier molecular flexibility index (Phi) is 4.88. The second-order valence-electron chi connectivity index (χ2n) is 6.08. The summed E-state index contributed by atoms with van der Waals surface area (Å²) in [6.45, 7) is 0.848. The van der Waals surface area contributed by atoms with Crippen LogP contribution in [0, 0.1) is 0 Å². The molecule has 1 aromatic heterocycles. The minimum Gasteiger partial charge on any atom is -0.367 e. The van der Waals surface area contributed by atoms with Crippen LogP contribution >= 0.6 is 0 Å². The van der Waals surface area contributed by atoms with E-state index < -0.39 is 0 Å². The predicted molar refractivity (Wildman–Crippen MR) is 91.1 cm³/mol. The maximum Gasteiger partial charge on any atom is 0.134 e. The van der Waals surface area contributed by atoms with Crippen molar-refractivity contribution in [2.24, 2.45) is 0 Å². The van der Waals surface area contributed by atoms with Crippen molar-refractivity contribution < 1.29 is 0 Å². The molecule has 0 amide bonds. The van der Waals surface area contributed by atoms with Crippen LogP contribution in [-0.4, -0.2) is 23.1 Å². The van der Waals surface area contributed by atoms with Crippen molar-refractivity contribution in [2.75, 3.05) is 17.3 Å². The van der Waals surface area contributed by atoms with Crippen LogP contribution in [0.5, 0.6) is 0 Å². The van der Waals surface area contributed by atoms with Gasteiger partial charge in [-0.3, -0.25) is 0 Å². The summed E-state index contributed by atoms with van der Waals surface area (Å²) >= 11 is 0. The molecule has 1 heterocycles. The van der Waals surface area contributed by atoms with Crippen molar-refractivity contribution in [3.63, 3.8) is 0 Å². The molecule has 0 bridgehead atoms. The number of aromatic nitrogens is 2. The lowest BCUT2D eigenvalue weighted by Crippen LogP contribution is -2.23. The zero-order chi connectivity index (χ0) is 15.2. The van der Waals surface area contributed by atoms with Crippen molar-refractivity contribution in [3.8, 4) is 0 Å². The lowest BCUT2D eigenvalue weighted by Gasteiger charge is -2.24. The summed E-state index contributed by atoms with van der Waals surface area (Å²) in [6, 6.07) is 13.1. The van der Waals surface area contributed by atoms with Crippen molar-refractivity contribution in [2.45, 2.75) is 44.7 Å². The molecule has 1 aromatic carbocycles. The van der Waals surface area contributed by atoms with Crippen LogP contribution in [0.15, 0.2) is 42.7 Å². The third-order valence-corrected chi connectivity index (χ3v) is 4.26. The predicted octanol–water partition coefficient (Wildman–Crippen LogP) is 3.86. The van der Waals surface area contributed by atoms with Gasteiger partial charge in [0, 0.05) is 25.7 Å². The van der Waals surface area contributed by atoms with Crippen molar-refractivity contribution in [3.05, 3.63) is 48.3 Å². The maximum atomic E-state index is 4.40. The molecule has 0 radical (unpaired) electrons.